The van der Waals surface area contributed by atoms with Gasteiger partial charge >= 0.3 is 0 Å². The lowest BCUT2D eigenvalue weighted by molar-refractivity contribution is 0.269. The van der Waals surface area contributed by atoms with Crippen molar-refractivity contribution in [3.8, 4) is 0 Å². The molecule has 2 fully saturated rings. The molecule has 23 heavy (non-hydrogen) atoms. The molecular weight excluding hydrogens is 315 g/mol. The Morgan fingerprint density at radius 2 is 2.13 bits per heavy atom. The quantitative estimate of drug-likeness (QED) is 0.768. The van der Waals surface area contributed by atoms with Crippen LogP contribution in [0.3, 0.4) is 0 Å². The highest BCUT2D eigenvalue weighted by Gasteiger charge is 2.33. The van der Waals surface area contributed by atoms with Gasteiger partial charge in [0.1, 0.15) is 5.82 Å². The van der Waals surface area contributed by atoms with Crippen molar-refractivity contribution in [2.45, 2.75) is 25.4 Å². The number of rotatable bonds is 5. The molecule has 2 heterocycles. The molecule has 4 unspecified atom stereocenters. The highest BCUT2D eigenvalue weighted by molar-refractivity contribution is 6.30. The van der Waals surface area contributed by atoms with E-state index in [1.54, 1.807) is 12.1 Å². The molecule has 3 N–H and O–H groups in total. The van der Waals surface area contributed by atoms with Crippen LogP contribution >= 0.6 is 11.6 Å². The number of hydrogen-bond acceptors (Lipinski definition) is 4. The summed E-state index contributed by atoms with van der Waals surface area (Å²) in [6.07, 6.45) is 1.13. The summed E-state index contributed by atoms with van der Waals surface area (Å²) >= 11 is 5.82. The molecular formula is C17H26ClFN4. The molecule has 0 spiro atoms. The minimum Gasteiger partial charge on any atom is -0.316 e. The summed E-state index contributed by atoms with van der Waals surface area (Å²) in [6, 6.07) is 5.97. The van der Waals surface area contributed by atoms with Crippen molar-refractivity contribution in [3.63, 3.8) is 0 Å². The number of benzene rings is 1. The number of nitrogens with one attached hydrogen (secondary N) is 3. The number of likely N-dealkylation sites (tertiary alicyclic amines) is 1. The van der Waals surface area contributed by atoms with Crippen LogP contribution in [0.25, 0.3) is 0 Å². The molecule has 3 rings (SSSR count). The Labute approximate surface area is 142 Å². The third-order valence-corrected chi connectivity index (χ3v) is 5.58. The number of halogens is 2. The Hall–Kier alpha value is -0.720. The second-order valence-electron chi connectivity index (χ2n) is 6.88. The SMILES string of the molecule is CC1NNCC1CNCC1CCN(C)C1c1ccc(Cl)c(F)c1. The van der Waals surface area contributed by atoms with Crippen LogP contribution in [0.15, 0.2) is 18.2 Å². The average molecular weight is 341 g/mol. The van der Waals surface area contributed by atoms with Crippen LogP contribution in [0.4, 0.5) is 4.39 Å². The molecule has 0 saturated carbocycles. The predicted octanol–water partition coefficient (Wildman–Crippen LogP) is 2.17. The van der Waals surface area contributed by atoms with E-state index in [0.717, 1.165) is 38.2 Å². The number of hydrazine groups is 1. The van der Waals surface area contributed by atoms with Crippen LogP contribution in [-0.2, 0) is 0 Å². The third-order valence-electron chi connectivity index (χ3n) is 5.27. The van der Waals surface area contributed by atoms with Crippen molar-refractivity contribution in [1.29, 1.82) is 0 Å². The largest absolute Gasteiger partial charge is 0.316 e. The van der Waals surface area contributed by atoms with E-state index in [-0.39, 0.29) is 16.9 Å². The van der Waals surface area contributed by atoms with Crippen LogP contribution in [0.2, 0.25) is 5.02 Å². The first-order chi connectivity index (χ1) is 11.1. The maximum Gasteiger partial charge on any atom is 0.142 e. The standard InChI is InChI=1S/C17H26ClFN4/c1-11-14(10-21-22-11)9-20-8-13-5-6-23(2)17(13)12-3-4-15(18)16(19)7-12/h3-4,7,11,13-14,17,20-22H,5-6,8-10H2,1-2H3. The zero-order valence-corrected chi connectivity index (χ0v) is 14.5. The summed E-state index contributed by atoms with van der Waals surface area (Å²) in [4.78, 5) is 2.32. The lowest BCUT2D eigenvalue weighted by Gasteiger charge is -2.26. The van der Waals surface area contributed by atoms with Gasteiger partial charge in [0.15, 0.2) is 0 Å². The van der Waals surface area contributed by atoms with E-state index in [0.29, 0.717) is 17.9 Å². The maximum atomic E-state index is 13.8. The first kappa shape index (κ1) is 17.1. The minimum absolute atomic E-state index is 0.194. The van der Waals surface area contributed by atoms with Crippen molar-refractivity contribution in [2.24, 2.45) is 11.8 Å². The number of hydrogen-bond donors (Lipinski definition) is 3. The van der Waals surface area contributed by atoms with E-state index in [2.05, 4.69) is 35.0 Å². The van der Waals surface area contributed by atoms with Gasteiger partial charge in [0, 0.05) is 31.1 Å². The van der Waals surface area contributed by atoms with E-state index in [9.17, 15) is 4.39 Å². The molecule has 2 aliphatic rings. The Morgan fingerprint density at radius 1 is 1.35 bits per heavy atom. The van der Waals surface area contributed by atoms with Gasteiger partial charge in [0.05, 0.1) is 5.02 Å². The Bertz CT molecular complexity index is 541. The molecule has 2 saturated heterocycles. The monoisotopic (exact) mass is 340 g/mol. The molecule has 1 aromatic carbocycles. The lowest BCUT2D eigenvalue weighted by atomic mass is 9.93. The van der Waals surface area contributed by atoms with Gasteiger partial charge < -0.3 is 5.32 Å². The van der Waals surface area contributed by atoms with Crippen molar-refractivity contribution >= 4 is 11.6 Å². The summed E-state index contributed by atoms with van der Waals surface area (Å²) in [6.45, 7) is 6.22. The van der Waals surface area contributed by atoms with E-state index in [4.69, 9.17) is 11.6 Å². The molecule has 0 aliphatic carbocycles. The highest BCUT2D eigenvalue weighted by Crippen LogP contribution is 2.36. The molecule has 128 valence electrons. The first-order valence-corrected chi connectivity index (χ1v) is 8.78. The van der Waals surface area contributed by atoms with Crippen molar-refractivity contribution in [1.82, 2.24) is 21.1 Å². The molecule has 1 aromatic rings. The predicted molar refractivity (Wildman–Crippen MR) is 91.8 cm³/mol. The van der Waals surface area contributed by atoms with Gasteiger partial charge in [-0.15, -0.1) is 0 Å². The molecule has 0 bridgehead atoms. The zero-order valence-electron chi connectivity index (χ0n) is 13.8. The smallest absolute Gasteiger partial charge is 0.142 e. The third kappa shape index (κ3) is 3.86. The first-order valence-electron chi connectivity index (χ1n) is 8.40. The van der Waals surface area contributed by atoms with Crippen LogP contribution in [0.5, 0.6) is 0 Å². The highest BCUT2D eigenvalue weighted by atomic mass is 35.5. The summed E-state index contributed by atoms with van der Waals surface area (Å²) in [5, 5.41) is 3.81. The lowest BCUT2D eigenvalue weighted by Crippen LogP contribution is -2.35. The van der Waals surface area contributed by atoms with Gasteiger partial charge in [-0.2, -0.15) is 0 Å². The molecule has 4 atom stereocenters. The normalized spacial score (nSPS) is 31.8. The second kappa shape index (κ2) is 7.45. The van der Waals surface area contributed by atoms with Crippen LogP contribution in [0, 0.1) is 17.7 Å². The summed E-state index contributed by atoms with van der Waals surface area (Å²) in [5.41, 5.74) is 7.47. The van der Waals surface area contributed by atoms with Gasteiger partial charge in [-0.3, -0.25) is 15.8 Å². The van der Waals surface area contributed by atoms with Crippen molar-refractivity contribution in [3.05, 3.63) is 34.6 Å². The number of nitrogens with zero attached hydrogens (tertiary/aromatic N) is 1. The molecule has 6 heteroatoms. The molecule has 2 aliphatic heterocycles. The van der Waals surface area contributed by atoms with Crippen molar-refractivity contribution in [2.75, 3.05) is 33.2 Å². The van der Waals surface area contributed by atoms with E-state index in [1.165, 1.54) is 0 Å². The van der Waals surface area contributed by atoms with Gasteiger partial charge in [-0.1, -0.05) is 17.7 Å². The molecule has 4 nitrogen and oxygen atoms in total. The molecule has 0 amide bonds. The Morgan fingerprint density at radius 3 is 2.83 bits per heavy atom. The van der Waals surface area contributed by atoms with E-state index in [1.807, 2.05) is 6.07 Å². The minimum atomic E-state index is -0.326. The van der Waals surface area contributed by atoms with Crippen LogP contribution in [-0.4, -0.2) is 44.2 Å². The fourth-order valence-electron chi connectivity index (χ4n) is 3.81. The summed E-state index contributed by atoms with van der Waals surface area (Å²) in [5.74, 6) is 0.784. The van der Waals surface area contributed by atoms with Gasteiger partial charge in [-0.25, -0.2) is 4.39 Å². The average Bonchev–Trinajstić information content (AvgIpc) is 3.09. The van der Waals surface area contributed by atoms with E-state index >= 15 is 0 Å². The maximum absolute atomic E-state index is 13.8. The van der Waals surface area contributed by atoms with Crippen LogP contribution < -0.4 is 16.2 Å². The zero-order chi connectivity index (χ0) is 16.4. The Balaban J connectivity index is 1.60. The molecule has 0 aromatic heterocycles. The second-order valence-corrected chi connectivity index (χ2v) is 7.29. The van der Waals surface area contributed by atoms with Gasteiger partial charge in [-0.05, 0) is 57.1 Å². The fraction of sp³-hybridized carbons (Fsp3) is 0.647. The molecule has 0 radical (unpaired) electrons. The Kier molecular flexibility index (Phi) is 5.54. The summed E-state index contributed by atoms with van der Waals surface area (Å²) in [7, 11) is 2.12. The summed E-state index contributed by atoms with van der Waals surface area (Å²) < 4.78 is 13.8. The van der Waals surface area contributed by atoms with Crippen molar-refractivity contribution < 1.29 is 4.39 Å². The van der Waals surface area contributed by atoms with Gasteiger partial charge in [0.25, 0.3) is 0 Å². The van der Waals surface area contributed by atoms with Crippen LogP contribution in [0.1, 0.15) is 24.9 Å². The van der Waals surface area contributed by atoms with E-state index < -0.39 is 0 Å². The fourth-order valence-corrected chi connectivity index (χ4v) is 3.93. The van der Waals surface area contributed by atoms with Gasteiger partial charge in [0.2, 0.25) is 0 Å². The topological polar surface area (TPSA) is 39.3 Å².